The summed E-state index contributed by atoms with van der Waals surface area (Å²) in [5.74, 6) is 0. The molecule has 7 nitrogen and oxygen atoms in total. The summed E-state index contributed by atoms with van der Waals surface area (Å²) in [5, 5.41) is 8.17. The molecule has 1 aliphatic heterocycles. The number of amides is 2. The van der Waals surface area contributed by atoms with Gasteiger partial charge in [-0.05, 0) is 33.8 Å². The van der Waals surface area contributed by atoms with Crippen LogP contribution >= 0.6 is 0 Å². The van der Waals surface area contributed by atoms with E-state index in [4.69, 9.17) is 4.74 Å². The fourth-order valence-corrected chi connectivity index (χ4v) is 2.93. The fourth-order valence-electron chi connectivity index (χ4n) is 2.93. The maximum atomic E-state index is 12.4. The number of hydrogen-bond donors (Lipinski definition) is 1. The van der Waals surface area contributed by atoms with Gasteiger partial charge in [0.1, 0.15) is 0 Å². The fraction of sp³-hybridized carbons (Fsp3) is 0.562. The van der Waals surface area contributed by atoms with Gasteiger partial charge in [0.2, 0.25) is 0 Å². The second-order valence-electron chi connectivity index (χ2n) is 6.41. The lowest BCUT2D eigenvalue weighted by Gasteiger charge is -2.35. The molecule has 1 saturated heterocycles. The van der Waals surface area contributed by atoms with E-state index in [-0.39, 0.29) is 24.3 Å². The summed E-state index contributed by atoms with van der Waals surface area (Å²) in [6.45, 7) is 9.26. The first kappa shape index (κ1) is 15.7. The van der Waals surface area contributed by atoms with Gasteiger partial charge in [-0.25, -0.2) is 14.5 Å². The molecule has 0 radical (unpaired) electrons. The number of morpholine rings is 1. The average molecular weight is 317 g/mol. The highest BCUT2D eigenvalue weighted by atomic mass is 16.5. The summed E-state index contributed by atoms with van der Waals surface area (Å²) in [4.78, 5) is 18.6. The van der Waals surface area contributed by atoms with Gasteiger partial charge >= 0.3 is 6.03 Å². The van der Waals surface area contributed by atoms with Crippen molar-refractivity contribution in [2.45, 2.75) is 45.9 Å². The second-order valence-corrected chi connectivity index (χ2v) is 6.41. The van der Waals surface area contributed by atoms with Crippen LogP contribution in [0.15, 0.2) is 18.5 Å². The Morgan fingerprint density at radius 1 is 1.30 bits per heavy atom. The predicted molar refractivity (Wildman–Crippen MR) is 88.5 cm³/mol. The topological polar surface area (TPSA) is 72.3 Å². The molecule has 1 aliphatic rings. The van der Waals surface area contributed by atoms with E-state index in [1.807, 2.05) is 24.6 Å². The quantitative estimate of drug-likeness (QED) is 0.924. The van der Waals surface area contributed by atoms with E-state index >= 15 is 0 Å². The van der Waals surface area contributed by atoms with E-state index < -0.39 is 0 Å². The van der Waals surface area contributed by atoms with Crippen molar-refractivity contribution in [2.24, 2.45) is 0 Å². The number of carbonyl (C=O) groups excluding carboxylic acids is 1. The second kappa shape index (κ2) is 6.16. The largest absolute Gasteiger partial charge is 0.372 e. The van der Waals surface area contributed by atoms with Gasteiger partial charge in [0.25, 0.3) is 0 Å². The van der Waals surface area contributed by atoms with Gasteiger partial charge in [-0.3, -0.25) is 0 Å². The minimum absolute atomic E-state index is 0.0504. The zero-order chi connectivity index (χ0) is 16.6. The highest BCUT2D eigenvalue weighted by Gasteiger charge is 2.26. The van der Waals surface area contributed by atoms with E-state index in [9.17, 15) is 4.79 Å². The number of rotatable bonds is 2. The van der Waals surface area contributed by atoms with Crippen LogP contribution in [0.4, 0.5) is 10.5 Å². The molecule has 3 rings (SSSR count). The number of ether oxygens (including phenoxy) is 1. The van der Waals surface area contributed by atoms with Crippen LogP contribution in [0.2, 0.25) is 0 Å². The molecule has 0 aliphatic carbocycles. The molecule has 0 bridgehead atoms. The summed E-state index contributed by atoms with van der Waals surface area (Å²) in [6.07, 6.45) is 3.55. The zero-order valence-electron chi connectivity index (χ0n) is 14.0. The molecular formula is C16H23N5O2. The van der Waals surface area contributed by atoms with E-state index in [0.717, 1.165) is 11.0 Å². The molecule has 124 valence electrons. The van der Waals surface area contributed by atoms with Crippen LogP contribution in [0.3, 0.4) is 0 Å². The summed E-state index contributed by atoms with van der Waals surface area (Å²) >= 11 is 0. The Kier molecular flexibility index (Phi) is 4.21. The Bertz CT molecular complexity index is 702. The highest BCUT2D eigenvalue weighted by Crippen LogP contribution is 2.20. The Labute approximate surface area is 135 Å². The van der Waals surface area contributed by atoms with E-state index in [0.29, 0.717) is 18.8 Å². The summed E-state index contributed by atoms with van der Waals surface area (Å²) in [6, 6.07) is 2.03. The number of carbonyl (C=O) groups is 1. The van der Waals surface area contributed by atoms with Crippen LogP contribution < -0.4 is 5.32 Å². The Balaban J connectivity index is 1.75. The van der Waals surface area contributed by atoms with Crippen molar-refractivity contribution in [3.8, 4) is 0 Å². The first-order chi connectivity index (χ1) is 10.9. The van der Waals surface area contributed by atoms with Crippen molar-refractivity contribution in [2.75, 3.05) is 18.4 Å². The van der Waals surface area contributed by atoms with Gasteiger partial charge in [0.05, 0.1) is 30.3 Å². The average Bonchev–Trinajstić information content (AvgIpc) is 2.89. The van der Waals surface area contributed by atoms with Crippen molar-refractivity contribution in [3.05, 3.63) is 18.5 Å². The van der Waals surface area contributed by atoms with Gasteiger partial charge in [0.15, 0.2) is 5.65 Å². The lowest BCUT2D eigenvalue weighted by molar-refractivity contribution is -0.0530. The SMILES string of the molecule is CC(C)n1ncc2cc(NC(=O)N3C[C@H](C)O[C@@H](C)C3)cnc21. The maximum Gasteiger partial charge on any atom is 0.322 e. The number of fused-ring (bicyclic) bond motifs is 1. The molecule has 2 aromatic heterocycles. The minimum Gasteiger partial charge on any atom is -0.372 e. The number of hydrogen-bond acceptors (Lipinski definition) is 4. The molecule has 0 aromatic carbocycles. The number of aromatic nitrogens is 3. The van der Waals surface area contributed by atoms with Gasteiger partial charge in [0, 0.05) is 24.5 Å². The summed E-state index contributed by atoms with van der Waals surface area (Å²) in [5.41, 5.74) is 1.50. The first-order valence-corrected chi connectivity index (χ1v) is 7.98. The third-order valence-corrected chi connectivity index (χ3v) is 3.88. The molecule has 3 heterocycles. The molecule has 2 aromatic rings. The van der Waals surface area contributed by atoms with Gasteiger partial charge in [-0.15, -0.1) is 0 Å². The molecular weight excluding hydrogens is 294 g/mol. The lowest BCUT2D eigenvalue weighted by Crippen LogP contribution is -2.49. The Hall–Kier alpha value is -2.15. The number of pyridine rings is 1. The van der Waals surface area contributed by atoms with Crippen LogP contribution in [0.5, 0.6) is 0 Å². The minimum atomic E-state index is -0.121. The first-order valence-electron chi connectivity index (χ1n) is 7.98. The van der Waals surface area contributed by atoms with Crippen molar-refractivity contribution in [1.29, 1.82) is 0 Å². The molecule has 0 unspecified atom stereocenters. The van der Waals surface area contributed by atoms with Gasteiger partial charge < -0.3 is 15.0 Å². The molecule has 23 heavy (non-hydrogen) atoms. The third kappa shape index (κ3) is 3.29. The van der Waals surface area contributed by atoms with Crippen molar-refractivity contribution < 1.29 is 9.53 Å². The predicted octanol–water partition coefficient (Wildman–Crippen LogP) is 2.65. The number of urea groups is 1. The normalized spacial score (nSPS) is 21.9. The third-order valence-electron chi connectivity index (χ3n) is 3.88. The lowest BCUT2D eigenvalue weighted by atomic mass is 10.2. The van der Waals surface area contributed by atoms with E-state index in [1.165, 1.54) is 0 Å². The standard InChI is InChI=1S/C16H23N5O2/c1-10(2)21-15-13(6-18-21)5-14(7-17-15)19-16(22)20-8-11(3)23-12(4)9-20/h5-7,10-12H,8-9H2,1-4H3,(H,19,22)/t11-,12-/m0/s1. The van der Waals surface area contributed by atoms with Crippen molar-refractivity contribution >= 4 is 22.8 Å². The molecule has 7 heteroatoms. The van der Waals surface area contributed by atoms with Crippen LogP contribution in [0.1, 0.15) is 33.7 Å². The molecule has 2 amide bonds. The summed E-state index contributed by atoms with van der Waals surface area (Å²) in [7, 11) is 0. The zero-order valence-corrected chi connectivity index (χ0v) is 14.0. The number of anilines is 1. The molecule has 1 fully saturated rings. The Morgan fingerprint density at radius 2 is 2.00 bits per heavy atom. The van der Waals surface area contributed by atoms with Crippen molar-refractivity contribution in [3.63, 3.8) is 0 Å². The van der Waals surface area contributed by atoms with Gasteiger partial charge in [-0.2, -0.15) is 5.10 Å². The van der Waals surface area contributed by atoms with Crippen LogP contribution in [0.25, 0.3) is 11.0 Å². The Morgan fingerprint density at radius 3 is 2.65 bits per heavy atom. The maximum absolute atomic E-state index is 12.4. The van der Waals surface area contributed by atoms with Gasteiger partial charge in [-0.1, -0.05) is 0 Å². The number of nitrogens with one attached hydrogen (secondary N) is 1. The van der Waals surface area contributed by atoms with E-state index in [2.05, 4.69) is 29.2 Å². The van der Waals surface area contributed by atoms with Crippen molar-refractivity contribution in [1.82, 2.24) is 19.7 Å². The van der Waals surface area contributed by atoms with Crippen LogP contribution in [0, 0.1) is 0 Å². The van der Waals surface area contributed by atoms with E-state index in [1.54, 1.807) is 17.3 Å². The highest BCUT2D eigenvalue weighted by molar-refractivity contribution is 5.91. The van der Waals surface area contributed by atoms with Crippen LogP contribution in [-0.2, 0) is 4.74 Å². The molecule has 0 spiro atoms. The number of nitrogens with zero attached hydrogens (tertiary/aromatic N) is 4. The molecule has 2 atom stereocenters. The molecule has 0 saturated carbocycles. The summed E-state index contributed by atoms with van der Waals surface area (Å²) < 4.78 is 7.52. The molecule has 1 N–H and O–H groups in total. The monoisotopic (exact) mass is 317 g/mol. The van der Waals surface area contributed by atoms with Crippen LogP contribution in [-0.4, -0.2) is 51.0 Å². The smallest absolute Gasteiger partial charge is 0.322 e.